The van der Waals surface area contributed by atoms with E-state index in [4.69, 9.17) is 5.26 Å². The highest BCUT2D eigenvalue weighted by Crippen LogP contribution is 2.31. The maximum Gasteiger partial charge on any atom is 0.268 e. The zero-order valence-corrected chi connectivity index (χ0v) is 15.1. The number of hydrogen-bond acceptors (Lipinski definition) is 5. The summed E-state index contributed by atoms with van der Waals surface area (Å²) in [6, 6.07) is 5.34. The van der Waals surface area contributed by atoms with Crippen molar-refractivity contribution < 1.29 is 18.4 Å². The van der Waals surface area contributed by atoms with Crippen LogP contribution in [-0.4, -0.2) is 51.7 Å². The molecule has 9 heteroatoms. The second-order valence-electron chi connectivity index (χ2n) is 6.32. The number of aromatic nitrogens is 2. The predicted molar refractivity (Wildman–Crippen MR) is 97.5 cm³/mol. The summed E-state index contributed by atoms with van der Waals surface area (Å²) in [5.41, 5.74) is 1.23. The van der Waals surface area contributed by atoms with Gasteiger partial charge in [0.2, 0.25) is 5.91 Å². The van der Waals surface area contributed by atoms with Gasteiger partial charge in [0.25, 0.3) is 11.8 Å². The van der Waals surface area contributed by atoms with Crippen LogP contribution in [0.2, 0.25) is 0 Å². The average Bonchev–Trinajstić information content (AvgIpc) is 3.06. The van der Waals surface area contributed by atoms with Crippen molar-refractivity contribution >= 4 is 11.8 Å². The van der Waals surface area contributed by atoms with Crippen LogP contribution in [0.3, 0.4) is 0 Å². The van der Waals surface area contributed by atoms with Gasteiger partial charge in [0.05, 0.1) is 30.3 Å². The van der Waals surface area contributed by atoms with Crippen LogP contribution < -0.4 is 5.32 Å². The Balaban J connectivity index is 1.68. The lowest BCUT2D eigenvalue weighted by molar-refractivity contribution is -0.131. The molecule has 1 N–H and O–H groups in total. The number of amides is 2. The lowest BCUT2D eigenvalue weighted by Gasteiger charge is -2.19. The molecule has 2 aromatic rings. The van der Waals surface area contributed by atoms with Crippen molar-refractivity contribution in [3.05, 3.63) is 59.7 Å². The predicted octanol–water partition coefficient (Wildman–Crippen LogP) is 1.37. The molecular formula is C20H15F2N5O2. The maximum absolute atomic E-state index is 13.5. The van der Waals surface area contributed by atoms with Crippen LogP contribution in [0.4, 0.5) is 8.78 Å². The van der Waals surface area contributed by atoms with Crippen LogP contribution >= 0.6 is 0 Å². The molecule has 1 saturated heterocycles. The third kappa shape index (κ3) is 4.90. The Morgan fingerprint density at radius 1 is 1.21 bits per heavy atom. The molecule has 0 bridgehead atoms. The molecule has 3 heterocycles. The minimum Gasteiger partial charge on any atom is -0.343 e. The second kappa shape index (κ2) is 8.44. The smallest absolute Gasteiger partial charge is 0.268 e. The molecule has 1 fully saturated rings. The van der Waals surface area contributed by atoms with Crippen molar-refractivity contribution in [1.29, 1.82) is 5.26 Å². The topological polar surface area (TPSA) is 99.0 Å². The standard InChI is InChI=1S/C20H15F2N5O2/c21-20(22)9-16(10-23)27(13-20)18(28)12-26-19(29)17-5-8-25-11-15(17)2-1-14-3-6-24-7-4-14/h3-8,11,16H,9,12-13H2,(H,26,29). The fourth-order valence-electron chi connectivity index (χ4n) is 2.81. The van der Waals surface area contributed by atoms with Gasteiger partial charge in [-0.2, -0.15) is 5.26 Å². The lowest BCUT2D eigenvalue weighted by atomic mass is 10.1. The van der Waals surface area contributed by atoms with Gasteiger partial charge in [0.15, 0.2) is 0 Å². The average molecular weight is 395 g/mol. The number of rotatable bonds is 3. The van der Waals surface area contributed by atoms with E-state index in [0.29, 0.717) is 11.1 Å². The molecule has 1 aliphatic rings. The molecule has 0 aromatic carbocycles. The normalized spacial score (nSPS) is 17.0. The zero-order chi connectivity index (χ0) is 20.9. The Morgan fingerprint density at radius 3 is 2.66 bits per heavy atom. The Bertz CT molecular complexity index is 1020. The minimum absolute atomic E-state index is 0.193. The van der Waals surface area contributed by atoms with Gasteiger partial charge in [-0.15, -0.1) is 0 Å². The van der Waals surface area contributed by atoms with Crippen LogP contribution in [-0.2, 0) is 4.79 Å². The molecule has 0 aliphatic carbocycles. The Hall–Kier alpha value is -3.85. The van der Waals surface area contributed by atoms with Gasteiger partial charge in [-0.05, 0) is 18.2 Å². The third-order valence-electron chi connectivity index (χ3n) is 4.23. The Labute approximate surface area is 165 Å². The first kappa shape index (κ1) is 19.9. The van der Waals surface area contributed by atoms with E-state index >= 15 is 0 Å². The van der Waals surface area contributed by atoms with E-state index in [-0.39, 0.29) is 5.56 Å². The first-order chi connectivity index (χ1) is 13.9. The van der Waals surface area contributed by atoms with Crippen molar-refractivity contribution in [1.82, 2.24) is 20.2 Å². The number of carbonyl (C=O) groups is 2. The molecule has 29 heavy (non-hydrogen) atoms. The Kier molecular flexibility index (Phi) is 5.79. The van der Waals surface area contributed by atoms with Crippen LogP contribution in [0.25, 0.3) is 0 Å². The molecule has 7 nitrogen and oxygen atoms in total. The second-order valence-corrected chi connectivity index (χ2v) is 6.32. The highest BCUT2D eigenvalue weighted by molar-refractivity contribution is 5.98. The summed E-state index contributed by atoms with van der Waals surface area (Å²) in [5.74, 6) is 1.27. The van der Waals surface area contributed by atoms with Crippen molar-refractivity contribution in [3.63, 3.8) is 0 Å². The van der Waals surface area contributed by atoms with Crippen molar-refractivity contribution in [2.75, 3.05) is 13.1 Å². The third-order valence-corrected chi connectivity index (χ3v) is 4.23. The summed E-state index contributed by atoms with van der Waals surface area (Å²) >= 11 is 0. The summed E-state index contributed by atoms with van der Waals surface area (Å²) in [7, 11) is 0. The molecule has 2 aromatic heterocycles. The lowest BCUT2D eigenvalue weighted by Crippen LogP contribution is -2.43. The number of carbonyl (C=O) groups excluding carboxylic acids is 2. The van der Waals surface area contributed by atoms with Gasteiger partial charge in [-0.3, -0.25) is 19.6 Å². The molecule has 2 amide bonds. The quantitative estimate of drug-likeness (QED) is 0.792. The van der Waals surface area contributed by atoms with Gasteiger partial charge in [0.1, 0.15) is 6.04 Å². The Morgan fingerprint density at radius 2 is 1.93 bits per heavy atom. The first-order valence-corrected chi connectivity index (χ1v) is 8.61. The molecule has 3 rings (SSSR count). The summed E-state index contributed by atoms with van der Waals surface area (Å²) in [6.45, 7) is -1.34. The molecule has 146 valence electrons. The highest BCUT2D eigenvalue weighted by atomic mass is 19.3. The van der Waals surface area contributed by atoms with E-state index in [0.717, 1.165) is 4.90 Å². The number of alkyl halides is 2. The minimum atomic E-state index is -3.11. The van der Waals surface area contributed by atoms with E-state index in [1.54, 1.807) is 30.6 Å². The van der Waals surface area contributed by atoms with Crippen molar-refractivity contribution in [3.8, 4) is 17.9 Å². The van der Waals surface area contributed by atoms with E-state index in [1.807, 2.05) is 0 Å². The van der Waals surface area contributed by atoms with Crippen molar-refractivity contribution in [2.45, 2.75) is 18.4 Å². The summed E-state index contributed by atoms with van der Waals surface area (Å²) in [4.78, 5) is 33.3. The molecule has 0 saturated carbocycles. The van der Waals surface area contributed by atoms with Crippen molar-refractivity contribution in [2.24, 2.45) is 0 Å². The molecule has 1 atom stereocenters. The number of nitrogens with one attached hydrogen (secondary N) is 1. The van der Waals surface area contributed by atoms with E-state index < -0.39 is 43.3 Å². The molecule has 1 aliphatic heterocycles. The van der Waals surface area contributed by atoms with Gasteiger partial charge in [-0.25, -0.2) is 8.78 Å². The van der Waals surface area contributed by atoms with Crippen LogP contribution in [0, 0.1) is 23.2 Å². The largest absolute Gasteiger partial charge is 0.343 e. The fourth-order valence-corrected chi connectivity index (χ4v) is 2.81. The highest BCUT2D eigenvalue weighted by Gasteiger charge is 2.47. The number of nitrogens with zero attached hydrogens (tertiary/aromatic N) is 4. The summed E-state index contributed by atoms with van der Waals surface area (Å²) in [6.07, 6.45) is 5.28. The van der Waals surface area contributed by atoms with E-state index in [1.165, 1.54) is 18.5 Å². The first-order valence-electron chi connectivity index (χ1n) is 8.61. The van der Waals surface area contributed by atoms with Crippen LogP contribution in [0.15, 0.2) is 43.0 Å². The van der Waals surface area contributed by atoms with Gasteiger partial charge in [0, 0.05) is 36.8 Å². The summed E-state index contributed by atoms with van der Waals surface area (Å²) < 4.78 is 27.0. The fraction of sp³-hybridized carbons (Fsp3) is 0.250. The summed E-state index contributed by atoms with van der Waals surface area (Å²) in [5, 5.41) is 11.4. The molecule has 1 unspecified atom stereocenters. The molecule has 0 spiro atoms. The SMILES string of the molecule is N#CC1CC(F)(F)CN1C(=O)CNC(=O)c1ccncc1C#Cc1ccncc1. The zero-order valence-electron chi connectivity index (χ0n) is 15.1. The number of halogens is 2. The number of nitriles is 1. The van der Waals surface area contributed by atoms with Crippen LogP contribution in [0.1, 0.15) is 27.9 Å². The molecular weight excluding hydrogens is 380 g/mol. The monoisotopic (exact) mass is 395 g/mol. The number of likely N-dealkylation sites (tertiary alicyclic amines) is 1. The van der Waals surface area contributed by atoms with Gasteiger partial charge >= 0.3 is 0 Å². The van der Waals surface area contributed by atoms with E-state index in [9.17, 15) is 18.4 Å². The van der Waals surface area contributed by atoms with Gasteiger partial charge < -0.3 is 10.2 Å². The maximum atomic E-state index is 13.5. The van der Waals surface area contributed by atoms with Gasteiger partial charge in [-0.1, -0.05) is 11.8 Å². The number of hydrogen-bond donors (Lipinski definition) is 1. The van der Waals surface area contributed by atoms with Crippen LogP contribution in [0.5, 0.6) is 0 Å². The van der Waals surface area contributed by atoms with E-state index in [2.05, 4.69) is 27.1 Å². The molecule has 0 radical (unpaired) electrons. The number of pyridine rings is 2.